The summed E-state index contributed by atoms with van der Waals surface area (Å²) in [5, 5.41) is 15.9. The molecule has 0 saturated carbocycles. The van der Waals surface area contributed by atoms with Gasteiger partial charge in [-0.3, -0.25) is 5.10 Å². The number of thioether (sulfide) groups is 1. The molecule has 178 valence electrons. The molecule has 0 spiro atoms. The third-order valence-electron chi connectivity index (χ3n) is 5.23. The van der Waals surface area contributed by atoms with Gasteiger partial charge in [-0.15, -0.1) is 11.8 Å². The van der Waals surface area contributed by atoms with E-state index in [0.29, 0.717) is 13.1 Å². The maximum atomic E-state index is 12.7. The van der Waals surface area contributed by atoms with Crippen LogP contribution >= 0.6 is 23.3 Å². The Balaban J connectivity index is 1.52. The molecule has 0 aliphatic carbocycles. The molecule has 1 atom stereocenters. The van der Waals surface area contributed by atoms with Crippen molar-refractivity contribution < 1.29 is 9.53 Å². The van der Waals surface area contributed by atoms with E-state index in [9.17, 15) is 4.79 Å². The van der Waals surface area contributed by atoms with Crippen molar-refractivity contribution in [2.45, 2.75) is 38.5 Å². The van der Waals surface area contributed by atoms with E-state index < -0.39 is 5.60 Å². The second-order valence-electron chi connectivity index (χ2n) is 9.09. The van der Waals surface area contributed by atoms with E-state index in [2.05, 4.69) is 25.0 Å². The SMILES string of the molecule is Cc1cc(Nc2cc(C3CN(C(=O)OC(C)(C)C)CCS3)nc3c(-c4cn[nH]c4)cnn23)sn1. The Morgan fingerprint density at radius 3 is 2.85 bits per heavy atom. The summed E-state index contributed by atoms with van der Waals surface area (Å²) < 4.78 is 11.8. The van der Waals surface area contributed by atoms with E-state index >= 15 is 0 Å². The standard InChI is InChI=1S/C22H26N8O2S2/c1-13-7-19(34-28-13)27-18-8-16(17-12-29(5-6-33-17)21(31)32-22(2,3)4)26-20-15(11-25-30(18)20)14-9-23-24-10-14/h7-11,17,27H,5-6,12H2,1-4H3,(H,23,24). The second kappa shape index (κ2) is 8.91. The van der Waals surface area contributed by atoms with Gasteiger partial charge in [0, 0.05) is 42.2 Å². The van der Waals surface area contributed by atoms with Crippen LogP contribution in [0.25, 0.3) is 16.8 Å². The number of fused-ring (bicyclic) bond motifs is 1. The van der Waals surface area contributed by atoms with Gasteiger partial charge in [-0.2, -0.15) is 19.1 Å². The molecule has 1 unspecified atom stereocenters. The Kier molecular flexibility index (Phi) is 5.94. The van der Waals surface area contributed by atoms with Crippen LogP contribution in [0.2, 0.25) is 0 Å². The van der Waals surface area contributed by atoms with Crippen molar-refractivity contribution in [3.8, 4) is 11.1 Å². The fraction of sp³-hybridized carbons (Fsp3) is 0.409. The first kappa shape index (κ1) is 22.7. The number of aryl methyl sites for hydroxylation is 1. The van der Waals surface area contributed by atoms with Gasteiger partial charge in [-0.1, -0.05) is 0 Å². The first-order chi connectivity index (χ1) is 16.3. The number of H-pyrrole nitrogens is 1. The topological polar surface area (TPSA) is 113 Å². The fourth-order valence-corrected chi connectivity index (χ4v) is 5.56. The summed E-state index contributed by atoms with van der Waals surface area (Å²) in [6, 6.07) is 4.00. The Labute approximate surface area is 205 Å². The largest absolute Gasteiger partial charge is 0.444 e. The van der Waals surface area contributed by atoms with Crippen LogP contribution in [0.5, 0.6) is 0 Å². The molecule has 34 heavy (non-hydrogen) atoms. The average molecular weight is 499 g/mol. The summed E-state index contributed by atoms with van der Waals surface area (Å²) in [7, 11) is 0. The van der Waals surface area contributed by atoms with Gasteiger partial charge in [0.15, 0.2) is 5.65 Å². The minimum Gasteiger partial charge on any atom is -0.444 e. The van der Waals surface area contributed by atoms with Gasteiger partial charge in [0.05, 0.1) is 29.0 Å². The summed E-state index contributed by atoms with van der Waals surface area (Å²) >= 11 is 3.19. The van der Waals surface area contributed by atoms with Gasteiger partial charge >= 0.3 is 6.09 Å². The van der Waals surface area contributed by atoms with Crippen molar-refractivity contribution in [3.63, 3.8) is 0 Å². The minimum atomic E-state index is -0.532. The molecule has 4 aromatic heterocycles. The molecule has 1 aliphatic heterocycles. The molecule has 2 N–H and O–H groups in total. The third kappa shape index (κ3) is 4.73. The molecule has 10 nitrogen and oxygen atoms in total. The molecule has 1 fully saturated rings. The highest BCUT2D eigenvalue weighted by Gasteiger charge is 2.30. The number of nitrogens with zero attached hydrogens (tertiary/aromatic N) is 6. The summed E-state index contributed by atoms with van der Waals surface area (Å²) in [5.41, 5.74) is 3.80. The van der Waals surface area contributed by atoms with Crippen LogP contribution in [0.3, 0.4) is 0 Å². The number of amides is 1. The number of ether oxygens (including phenoxy) is 1. The first-order valence-corrected chi connectivity index (χ1v) is 12.8. The van der Waals surface area contributed by atoms with Gasteiger partial charge in [0.25, 0.3) is 0 Å². The van der Waals surface area contributed by atoms with E-state index in [-0.39, 0.29) is 11.3 Å². The van der Waals surface area contributed by atoms with E-state index in [4.69, 9.17) is 9.72 Å². The maximum Gasteiger partial charge on any atom is 0.410 e. The number of nitrogens with one attached hydrogen (secondary N) is 2. The Morgan fingerprint density at radius 2 is 2.15 bits per heavy atom. The molecule has 1 aliphatic rings. The maximum absolute atomic E-state index is 12.7. The molecule has 4 aromatic rings. The Hall–Kier alpha value is -3.12. The lowest BCUT2D eigenvalue weighted by Gasteiger charge is -2.33. The van der Waals surface area contributed by atoms with Gasteiger partial charge in [-0.05, 0) is 45.3 Å². The van der Waals surface area contributed by atoms with E-state index in [1.807, 2.05) is 46.0 Å². The van der Waals surface area contributed by atoms with E-state index in [1.165, 1.54) is 11.5 Å². The van der Waals surface area contributed by atoms with Crippen LogP contribution in [0.4, 0.5) is 15.6 Å². The van der Waals surface area contributed by atoms with Crippen LogP contribution < -0.4 is 5.32 Å². The molecule has 0 aromatic carbocycles. The van der Waals surface area contributed by atoms with Crippen molar-refractivity contribution >= 4 is 45.9 Å². The number of aromatic amines is 1. The Bertz CT molecular complexity index is 1310. The summed E-state index contributed by atoms with van der Waals surface area (Å²) in [6.07, 6.45) is 5.08. The van der Waals surface area contributed by atoms with Crippen LogP contribution in [0, 0.1) is 6.92 Å². The molecule has 5 rings (SSSR count). The molecule has 1 saturated heterocycles. The predicted molar refractivity (Wildman–Crippen MR) is 134 cm³/mol. The van der Waals surface area contributed by atoms with Gasteiger partial charge < -0.3 is 15.0 Å². The monoisotopic (exact) mass is 498 g/mol. The predicted octanol–water partition coefficient (Wildman–Crippen LogP) is 4.65. The number of hydrogen-bond acceptors (Lipinski definition) is 9. The summed E-state index contributed by atoms with van der Waals surface area (Å²) in [4.78, 5) is 19.5. The van der Waals surface area contributed by atoms with Crippen LogP contribution in [-0.2, 0) is 4.74 Å². The smallest absolute Gasteiger partial charge is 0.410 e. The molecule has 0 radical (unpaired) electrons. The van der Waals surface area contributed by atoms with Gasteiger partial charge in [-0.25, -0.2) is 9.78 Å². The van der Waals surface area contributed by atoms with Gasteiger partial charge in [0.1, 0.15) is 16.4 Å². The highest BCUT2D eigenvalue weighted by molar-refractivity contribution is 7.99. The first-order valence-electron chi connectivity index (χ1n) is 10.9. The highest BCUT2D eigenvalue weighted by Crippen LogP contribution is 2.36. The van der Waals surface area contributed by atoms with Crippen LogP contribution in [-0.4, -0.2) is 64.6 Å². The summed E-state index contributed by atoms with van der Waals surface area (Å²) in [6.45, 7) is 8.78. The zero-order valence-electron chi connectivity index (χ0n) is 19.4. The molecular weight excluding hydrogens is 472 g/mol. The zero-order chi connectivity index (χ0) is 23.9. The molecule has 5 heterocycles. The normalized spacial score (nSPS) is 16.7. The quantitative estimate of drug-likeness (QED) is 0.418. The van der Waals surface area contributed by atoms with E-state index in [0.717, 1.165) is 44.7 Å². The van der Waals surface area contributed by atoms with Crippen molar-refractivity contribution in [2.75, 3.05) is 24.2 Å². The highest BCUT2D eigenvalue weighted by atomic mass is 32.2. The average Bonchev–Trinajstić information content (AvgIpc) is 3.53. The van der Waals surface area contributed by atoms with E-state index in [1.54, 1.807) is 33.6 Å². The number of carbonyl (C=O) groups is 1. The number of carbonyl (C=O) groups excluding carboxylic acids is 1. The Morgan fingerprint density at radius 1 is 1.29 bits per heavy atom. The number of hydrogen-bond donors (Lipinski definition) is 2. The van der Waals surface area contributed by atoms with Crippen molar-refractivity contribution in [2.24, 2.45) is 0 Å². The molecule has 1 amide bonds. The lowest BCUT2D eigenvalue weighted by molar-refractivity contribution is 0.0256. The van der Waals surface area contributed by atoms with Gasteiger partial charge in [0.2, 0.25) is 0 Å². The molecule has 0 bridgehead atoms. The molecular formula is C22H26N8O2S2. The second-order valence-corrected chi connectivity index (χ2v) is 11.2. The van der Waals surface area contributed by atoms with Crippen molar-refractivity contribution in [1.29, 1.82) is 0 Å². The van der Waals surface area contributed by atoms with Crippen molar-refractivity contribution in [3.05, 3.63) is 42.1 Å². The third-order valence-corrected chi connectivity index (χ3v) is 7.24. The summed E-state index contributed by atoms with van der Waals surface area (Å²) in [5.74, 6) is 1.59. The lowest BCUT2D eigenvalue weighted by Crippen LogP contribution is -2.42. The lowest BCUT2D eigenvalue weighted by atomic mass is 10.2. The molecule has 12 heteroatoms. The number of anilines is 2. The minimum absolute atomic E-state index is 0.00196. The number of rotatable bonds is 4. The zero-order valence-corrected chi connectivity index (χ0v) is 21.0. The van der Waals surface area contributed by atoms with Crippen LogP contribution in [0.1, 0.15) is 37.4 Å². The number of aromatic nitrogens is 6. The fourth-order valence-electron chi connectivity index (χ4n) is 3.71. The van der Waals surface area contributed by atoms with Crippen molar-refractivity contribution in [1.82, 2.24) is 34.1 Å². The van der Waals surface area contributed by atoms with Crippen LogP contribution in [0.15, 0.2) is 30.7 Å².